The van der Waals surface area contributed by atoms with Crippen LogP contribution in [0.15, 0.2) is 48.5 Å². The Hall–Kier alpha value is -3.23. The van der Waals surface area contributed by atoms with Gasteiger partial charge in [-0.3, -0.25) is 9.89 Å². The maximum absolute atomic E-state index is 13.4. The minimum absolute atomic E-state index is 0.230. The van der Waals surface area contributed by atoms with Gasteiger partial charge in [0.05, 0.1) is 11.3 Å². The highest BCUT2D eigenvalue weighted by Crippen LogP contribution is 2.32. The summed E-state index contributed by atoms with van der Waals surface area (Å²) in [5.41, 5.74) is 0.513. The van der Waals surface area contributed by atoms with E-state index in [1.807, 2.05) is 6.07 Å². The van der Waals surface area contributed by atoms with Crippen LogP contribution in [0.3, 0.4) is 0 Å². The first-order valence-electron chi connectivity index (χ1n) is 9.07. The number of rotatable bonds is 6. The van der Waals surface area contributed by atoms with Crippen LogP contribution in [0.5, 0.6) is 0 Å². The normalized spacial score (nSPS) is 11.5. The fraction of sp³-hybridized carbons (Fsp3) is 0.238. The molecule has 1 heterocycles. The average Bonchev–Trinajstić information content (AvgIpc) is 3.16. The van der Waals surface area contributed by atoms with Gasteiger partial charge in [0.15, 0.2) is 0 Å². The Bertz CT molecular complexity index is 1030. The molecule has 3 rings (SSSR count). The van der Waals surface area contributed by atoms with Crippen LogP contribution in [0.2, 0.25) is 0 Å². The lowest BCUT2D eigenvalue weighted by molar-refractivity contribution is -0.140. The van der Waals surface area contributed by atoms with E-state index in [9.17, 15) is 26.7 Å². The van der Waals surface area contributed by atoms with Crippen molar-refractivity contribution in [2.45, 2.75) is 19.0 Å². The van der Waals surface area contributed by atoms with E-state index in [2.05, 4.69) is 10.2 Å². The molecule has 4 nitrogen and oxygen atoms in total. The summed E-state index contributed by atoms with van der Waals surface area (Å²) in [6, 6.07) is 9.91. The van der Waals surface area contributed by atoms with E-state index in [0.717, 1.165) is 17.3 Å². The molecular formula is C21H18F5N3O. The van der Waals surface area contributed by atoms with Crippen molar-refractivity contribution in [2.75, 3.05) is 13.6 Å². The van der Waals surface area contributed by atoms with Gasteiger partial charge in [-0.25, -0.2) is 8.78 Å². The second-order valence-corrected chi connectivity index (χ2v) is 6.81. The number of nitrogens with zero attached hydrogens (tertiary/aromatic N) is 2. The Labute approximate surface area is 169 Å². The highest BCUT2D eigenvalue weighted by atomic mass is 19.4. The maximum atomic E-state index is 13.4. The van der Waals surface area contributed by atoms with Crippen LogP contribution in [0.1, 0.15) is 28.0 Å². The summed E-state index contributed by atoms with van der Waals surface area (Å²) in [5, 5.41) is 7.04. The lowest BCUT2D eigenvalue weighted by Gasteiger charge is -2.18. The van der Waals surface area contributed by atoms with E-state index in [4.69, 9.17) is 0 Å². The van der Waals surface area contributed by atoms with Crippen molar-refractivity contribution in [2.24, 2.45) is 0 Å². The van der Waals surface area contributed by atoms with Gasteiger partial charge in [-0.1, -0.05) is 0 Å². The van der Waals surface area contributed by atoms with Crippen LogP contribution in [-0.2, 0) is 12.6 Å². The fourth-order valence-corrected chi connectivity index (χ4v) is 2.96. The van der Waals surface area contributed by atoms with Crippen molar-refractivity contribution >= 4 is 5.91 Å². The number of alkyl halides is 3. The minimum atomic E-state index is -4.87. The number of halogens is 5. The molecule has 0 spiro atoms. The quantitative estimate of drug-likeness (QED) is 0.563. The molecule has 0 aliphatic carbocycles. The fourth-order valence-electron chi connectivity index (χ4n) is 2.96. The summed E-state index contributed by atoms with van der Waals surface area (Å²) in [4.78, 5) is 13.7. The summed E-state index contributed by atoms with van der Waals surface area (Å²) in [6.45, 7) is 0.280. The molecule has 0 atom stereocenters. The number of aromatic amines is 1. The average molecular weight is 423 g/mol. The molecule has 9 heteroatoms. The predicted octanol–water partition coefficient (Wildman–Crippen LogP) is 5.08. The number of aryl methyl sites for hydroxylation is 1. The number of carbonyl (C=O) groups is 1. The first-order chi connectivity index (χ1) is 14.1. The summed E-state index contributed by atoms with van der Waals surface area (Å²) in [5.74, 6) is -2.39. The van der Waals surface area contributed by atoms with Gasteiger partial charge in [0.1, 0.15) is 11.6 Å². The van der Waals surface area contributed by atoms with Crippen LogP contribution in [-0.4, -0.2) is 34.6 Å². The maximum Gasteiger partial charge on any atom is 0.419 e. The molecule has 30 heavy (non-hydrogen) atoms. The molecule has 0 fully saturated rings. The van der Waals surface area contributed by atoms with Crippen LogP contribution < -0.4 is 0 Å². The standard InChI is InChI=1S/C21H18F5N3O/c1-29(20(30)14-6-9-18(23)17(11-14)21(24,25)26)10-2-3-16-12-19(28-27-16)13-4-7-15(22)8-5-13/h4-9,11-12H,2-3,10H2,1H3,(H,27,28). The van der Waals surface area contributed by atoms with Gasteiger partial charge in [0, 0.05) is 30.4 Å². The molecule has 0 saturated carbocycles. The molecule has 0 saturated heterocycles. The summed E-state index contributed by atoms with van der Waals surface area (Å²) in [7, 11) is 1.47. The molecule has 3 aromatic rings. The lowest BCUT2D eigenvalue weighted by atomic mass is 10.1. The zero-order valence-electron chi connectivity index (χ0n) is 15.9. The lowest BCUT2D eigenvalue weighted by Crippen LogP contribution is -2.28. The van der Waals surface area contributed by atoms with Crippen molar-refractivity contribution in [1.29, 1.82) is 0 Å². The van der Waals surface area contributed by atoms with Crippen molar-refractivity contribution in [3.63, 3.8) is 0 Å². The Morgan fingerprint density at radius 3 is 2.43 bits per heavy atom. The molecule has 1 amide bonds. The third-order valence-electron chi connectivity index (χ3n) is 4.58. The third kappa shape index (κ3) is 5.03. The summed E-state index contributed by atoms with van der Waals surface area (Å²) in [6.07, 6.45) is -3.80. The van der Waals surface area contributed by atoms with E-state index in [0.29, 0.717) is 30.7 Å². The van der Waals surface area contributed by atoms with Crippen molar-refractivity contribution in [3.8, 4) is 11.3 Å². The molecular weight excluding hydrogens is 405 g/mol. The molecule has 1 N–H and O–H groups in total. The predicted molar refractivity (Wildman–Crippen MR) is 101 cm³/mol. The van der Waals surface area contributed by atoms with Crippen molar-refractivity contribution < 1.29 is 26.7 Å². The zero-order valence-corrected chi connectivity index (χ0v) is 15.9. The molecule has 0 aliphatic heterocycles. The van der Waals surface area contributed by atoms with Crippen LogP contribution in [0.4, 0.5) is 22.0 Å². The van der Waals surface area contributed by atoms with E-state index in [1.54, 1.807) is 12.1 Å². The molecule has 1 aromatic heterocycles. The van der Waals surface area contributed by atoms with Gasteiger partial charge in [0.25, 0.3) is 5.91 Å². The van der Waals surface area contributed by atoms with Crippen molar-refractivity contribution in [1.82, 2.24) is 15.1 Å². The summed E-state index contributed by atoms with van der Waals surface area (Å²) >= 11 is 0. The second-order valence-electron chi connectivity index (χ2n) is 6.81. The van der Waals surface area contributed by atoms with Crippen LogP contribution >= 0.6 is 0 Å². The number of aromatic nitrogens is 2. The third-order valence-corrected chi connectivity index (χ3v) is 4.58. The van der Waals surface area contributed by atoms with Gasteiger partial charge in [-0.15, -0.1) is 0 Å². The Balaban J connectivity index is 1.58. The Morgan fingerprint density at radius 2 is 1.77 bits per heavy atom. The summed E-state index contributed by atoms with van der Waals surface area (Å²) < 4.78 is 64.9. The van der Waals surface area contributed by atoms with E-state index in [1.165, 1.54) is 24.1 Å². The first-order valence-corrected chi connectivity index (χ1v) is 9.07. The van der Waals surface area contributed by atoms with Crippen LogP contribution in [0.25, 0.3) is 11.3 Å². The number of hydrogen-bond acceptors (Lipinski definition) is 2. The zero-order chi connectivity index (χ0) is 21.9. The second kappa shape index (κ2) is 8.64. The number of H-pyrrole nitrogens is 1. The van der Waals surface area contributed by atoms with E-state index < -0.39 is 23.5 Å². The number of carbonyl (C=O) groups excluding carboxylic acids is 1. The smallest absolute Gasteiger partial charge is 0.342 e. The van der Waals surface area contributed by atoms with Crippen LogP contribution in [0, 0.1) is 11.6 Å². The van der Waals surface area contributed by atoms with Crippen molar-refractivity contribution in [3.05, 3.63) is 77.0 Å². The first kappa shape index (κ1) is 21.5. The van der Waals surface area contributed by atoms with Gasteiger partial charge < -0.3 is 4.90 Å². The monoisotopic (exact) mass is 423 g/mol. The molecule has 2 aromatic carbocycles. The van der Waals surface area contributed by atoms with Gasteiger partial charge in [-0.05, 0) is 61.4 Å². The SMILES string of the molecule is CN(CCCc1cc(-c2ccc(F)cc2)n[nH]1)C(=O)c1ccc(F)c(C(F)(F)F)c1. The van der Waals surface area contributed by atoms with E-state index in [-0.39, 0.29) is 17.9 Å². The Kier molecular flexibility index (Phi) is 6.19. The Morgan fingerprint density at radius 1 is 1.07 bits per heavy atom. The highest BCUT2D eigenvalue weighted by Gasteiger charge is 2.34. The number of hydrogen-bond donors (Lipinski definition) is 1. The number of amides is 1. The molecule has 158 valence electrons. The molecule has 0 bridgehead atoms. The molecule has 0 aliphatic rings. The number of nitrogens with one attached hydrogen (secondary N) is 1. The van der Waals surface area contributed by atoms with Gasteiger partial charge >= 0.3 is 6.18 Å². The minimum Gasteiger partial charge on any atom is -0.342 e. The van der Waals surface area contributed by atoms with E-state index >= 15 is 0 Å². The highest BCUT2D eigenvalue weighted by molar-refractivity contribution is 5.94. The topological polar surface area (TPSA) is 49.0 Å². The van der Waals surface area contributed by atoms with Gasteiger partial charge in [-0.2, -0.15) is 18.3 Å². The largest absolute Gasteiger partial charge is 0.419 e. The van der Waals surface area contributed by atoms with Gasteiger partial charge in [0.2, 0.25) is 0 Å². The molecule has 0 unspecified atom stereocenters. The molecule has 0 radical (unpaired) electrons. The number of benzene rings is 2.